The van der Waals surface area contributed by atoms with Gasteiger partial charge in [-0.2, -0.15) is 0 Å². The van der Waals surface area contributed by atoms with Gasteiger partial charge in [-0.05, 0) is 31.0 Å². The third-order valence-corrected chi connectivity index (χ3v) is 4.67. The van der Waals surface area contributed by atoms with Crippen molar-refractivity contribution < 1.29 is 4.52 Å². The van der Waals surface area contributed by atoms with E-state index in [-0.39, 0.29) is 0 Å². The Balaban J connectivity index is 1.52. The van der Waals surface area contributed by atoms with Crippen LogP contribution in [0.3, 0.4) is 0 Å². The third-order valence-electron chi connectivity index (χ3n) is 4.67. The van der Waals surface area contributed by atoms with Crippen LogP contribution in [-0.2, 0) is 6.54 Å². The molecule has 0 N–H and O–H groups in total. The van der Waals surface area contributed by atoms with E-state index in [4.69, 9.17) is 4.52 Å². The minimum absolute atomic E-state index is 0.415. The van der Waals surface area contributed by atoms with Crippen molar-refractivity contribution in [1.29, 1.82) is 0 Å². The van der Waals surface area contributed by atoms with Crippen molar-refractivity contribution in [2.45, 2.75) is 31.8 Å². The lowest BCUT2D eigenvalue weighted by Crippen LogP contribution is -2.32. The highest BCUT2D eigenvalue weighted by Gasteiger charge is 2.25. The quantitative estimate of drug-likeness (QED) is 0.712. The summed E-state index contributed by atoms with van der Waals surface area (Å²) in [6.07, 6.45) is 7.49. The van der Waals surface area contributed by atoms with Gasteiger partial charge in [0.1, 0.15) is 5.69 Å². The number of pyridine rings is 1. The molecule has 1 unspecified atom stereocenters. The van der Waals surface area contributed by atoms with Gasteiger partial charge in [-0.15, -0.1) is 0 Å². The van der Waals surface area contributed by atoms with Crippen molar-refractivity contribution >= 4 is 0 Å². The molecule has 4 rings (SSSR count). The van der Waals surface area contributed by atoms with Gasteiger partial charge in [-0.3, -0.25) is 9.88 Å². The van der Waals surface area contributed by atoms with Gasteiger partial charge in [0.15, 0.2) is 5.76 Å². The second kappa shape index (κ2) is 6.97. The van der Waals surface area contributed by atoms with Gasteiger partial charge in [-0.25, -0.2) is 0 Å². The second-order valence-electron chi connectivity index (χ2n) is 6.31. The summed E-state index contributed by atoms with van der Waals surface area (Å²) in [6.45, 7) is 1.88. The van der Waals surface area contributed by atoms with Gasteiger partial charge in [-0.1, -0.05) is 48.0 Å². The van der Waals surface area contributed by atoms with Crippen LogP contribution >= 0.6 is 0 Å². The van der Waals surface area contributed by atoms with Gasteiger partial charge in [0.25, 0.3) is 0 Å². The van der Waals surface area contributed by atoms with Gasteiger partial charge in [0.2, 0.25) is 0 Å². The lowest BCUT2D eigenvalue weighted by molar-refractivity contribution is 0.126. The van der Waals surface area contributed by atoms with Crippen molar-refractivity contribution in [3.8, 4) is 11.3 Å². The maximum Gasteiger partial charge on any atom is 0.151 e. The average Bonchev–Trinajstić information content (AvgIpc) is 3.12. The fourth-order valence-electron chi connectivity index (χ4n) is 3.46. The minimum Gasteiger partial charge on any atom is -0.359 e. The van der Waals surface area contributed by atoms with Crippen LogP contribution < -0.4 is 0 Å². The van der Waals surface area contributed by atoms with Crippen LogP contribution in [0, 0.1) is 0 Å². The summed E-state index contributed by atoms with van der Waals surface area (Å²) >= 11 is 0. The standard InChI is InChI=1S/C20H21N3O/c1-2-7-16(8-3-1)19-13-18(24-22-19)15-23-12-5-4-10-20(23)17-9-6-11-21-14-17/h1-3,6-9,11,13-14,20H,4-5,10,12,15H2. The highest BCUT2D eigenvalue weighted by molar-refractivity contribution is 5.58. The van der Waals surface area contributed by atoms with Crippen LogP contribution in [0.5, 0.6) is 0 Å². The number of piperidine rings is 1. The zero-order chi connectivity index (χ0) is 16.2. The molecule has 4 nitrogen and oxygen atoms in total. The summed E-state index contributed by atoms with van der Waals surface area (Å²) in [6, 6.07) is 16.8. The Kier molecular flexibility index (Phi) is 4.38. The number of nitrogens with zero attached hydrogens (tertiary/aromatic N) is 3. The average molecular weight is 319 g/mol. The van der Waals surface area contributed by atoms with E-state index in [1.165, 1.54) is 24.8 Å². The number of hydrogen-bond acceptors (Lipinski definition) is 4. The van der Waals surface area contributed by atoms with Crippen molar-refractivity contribution in [2.24, 2.45) is 0 Å². The van der Waals surface area contributed by atoms with Crippen LogP contribution in [0.15, 0.2) is 65.4 Å². The Morgan fingerprint density at radius 3 is 2.83 bits per heavy atom. The molecule has 0 spiro atoms. The highest BCUT2D eigenvalue weighted by atomic mass is 16.5. The summed E-state index contributed by atoms with van der Waals surface area (Å²) in [7, 11) is 0. The lowest BCUT2D eigenvalue weighted by Gasteiger charge is -2.35. The SMILES string of the molecule is c1ccc(-c2cc(CN3CCCCC3c3cccnc3)on2)cc1. The predicted octanol–water partition coefficient (Wildman–Crippen LogP) is 4.46. The monoisotopic (exact) mass is 319 g/mol. The van der Waals surface area contributed by atoms with E-state index in [9.17, 15) is 0 Å². The molecular weight excluding hydrogens is 298 g/mol. The Bertz CT molecular complexity index is 770. The molecule has 0 radical (unpaired) electrons. The molecule has 24 heavy (non-hydrogen) atoms. The van der Waals surface area contributed by atoms with Crippen LogP contribution in [0.1, 0.15) is 36.6 Å². The van der Waals surface area contributed by atoms with E-state index < -0.39 is 0 Å². The number of rotatable bonds is 4. The molecule has 3 aromatic rings. The molecule has 4 heteroatoms. The van der Waals surface area contributed by atoms with Crippen molar-refractivity contribution in [3.05, 3.63) is 72.2 Å². The zero-order valence-corrected chi connectivity index (χ0v) is 13.6. The number of hydrogen-bond donors (Lipinski definition) is 0. The molecule has 0 amide bonds. The normalized spacial score (nSPS) is 18.6. The minimum atomic E-state index is 0.415. The molecule has 1 aliphatic rings. The molecule has 1 saturated heterocycles. The summed E-state index contributed by atoms with van der Waals surface area (Å²) in [5.41, 5.74) is 3.29. The van der Waals surface area contributed by atoms with E-state index in [2.05, 4.69) is 39.3 Å². The van der Waals surface area contributed by atoms with Gasteiger partial charge in [0.05, 0.1) is 6.54 Å². The van der Waals surface area contributed by atoms with Gasteiger partial charge in [0, 0.05) is 30.1 Å². The van der Waals surface area contributed by atoms with Crippen molar-refractivity contribution in [2.75, 3.05) is 6.54 Å². The lowest BCUT2D eigenvalue weighted by atomic mass is 9.96. The van der Waals surface area contributed by atoms with Gasteiger partial charge < -0.3 is 4.52 Å². The van der Waals surface area contributed by atoms with E-state index in [1.54, 1.807) is 0 Å². The highest BCUT2D eigenvalue weighted by Crippen LogP contribution is 2.32. The van der Waals surface area contributed by atoms with Crippen LogP contribution in [0.25, 0.3) is 11.3 Å². The third kappa shape index (κ3) is 3.24. The van der Waals surface area contributed by atoms with E-state index in [0.29, 0.717) is 6.04 Å². The smallest absolute Gasteiger partial charge is 0.151 e. The van der Waals surface area contributed by atoms with Crippen LogP contribution in [0.4, 0.5) is 0 Å². The Hall–Kier alpha value is -2.46. The Labute approximate surface area is 142 Å². The molecule has 1 aliphatic heterocycles. The molecule has 0 saturated carbocycles. The second-order valence-corrected chi connectivity index (χ2v) is 6.31. The molecule has 1 aromatic carbocycles. The van der Waals surface area contributed by atoms with E-state index in [1.807, 2.05) is 36.7 Å². The summed E-state index contributed by atoms with van der Waals surface area (Å²) in [5, 5.41) is 4.24. The van der Waals surface area contributed by atoms with Crippen molar-refractivity contribution in [1.82, 2.24) is 15.0 Å². The molecule has 2 aromatic heterocycles. The first kappa shape index (κ1) is 15.1. The Morgan fingerprint density at radius 2 is 2.00 bits per heavy atom. The first-order chi connectivity index (χ1) is 11.9. The molecule has 1 atom stereocenters. The van der Waals surface area contributed by atoms with E-state index >= 15 is 0 Å². The predicted molar refractivity (Wildman–Crippen MR) is 93.2 cm³/mol. The number of aromatic nitrogens is 2. The largest absolute Gasteiger partial charge is 0.359 e. The fraction of sp³-hybridized carbons (Fsp3) is 0.300. The Morgan fingerprint density at radius 1 is 1.08 bits per heavy atom. The maximum atomic E-state index is 5.60. The molecule has 1 fully saturated rings. The first-order valence-electron chi connectivity index (χ1n) is 8.55. The first-order valence-corrected chi connectivity index (χ1v) is 8.55. The van der Waals surface area contributed by atoms with Crippen molar-refractivity contribution in [3.63, 3.8) is 0 Å². The molecular formula is C20H21N3O. The number of likely N-dealkylation sites (tertiary alicyclic amines) is 1. The van der Waals surface area contributed by atoms with Gasteiger partial charge >= 0.3 is 0 Å². The van der Waals surface area contributed by atoms with Crippen LogP contribution in [-0.4, -0.2) is 21.6 Å². The maximum absolute atomic E-state index is 5.60. The molecule has 122 valence electrons. The molecule has 0 bridgehead atoms. The topological polar surface area (TPSA) is 42.2 Å². The zero-order valence-electron chi connectivity index (χ0n) is 13.6. The van der Waals surface area contributed by atoms with E-state index in [0.717, 1.165) is 30.1 Å². The summed E-state index contributed by atoms with van der Waals surface area (Å²) in [4.78, 5) is 6.76. The number of benzene rings is 1. The molecule has 3 heterocycles. The summed E-state index contributed by atoms with van der Waals surface area (Å²) in [5.74, 6) is 0.921. The summed E-state index contributed by atoms with van der Waals surface area (Å²) < 4.78 is 5.60. The van der Waals surface area contributed by atoms with Crippen LogP contribution in [0.2, 0.25) is 0 Å². The fourth-order valence-corrected chi connectivity index (χ4v) is 3.46. The molecule has 0 aliphatic carbocycles.